The Hall–Kier alpha value is -3.47. The van der Waals surface area contributed by atoms with Crippen molar-refractivity contribution in [2.24, 2.45) is 7.05 Å². The summed E-state index contributed by atoms with van der Waals surface area (Å²) in [4.78, 5) is 17.4. The Morgan fingerprint density at radius 3 is 2.73 bits per heavy atom. The Balaban J connectivity index is 1.90. The fraction of sp³-hybridized carbons (Fsp3) is 0.278. The lowest BCUT2D eigenvalue weighted by molar-refractivity contribution is 0.683. The molecule has 0 saturated heterocycles. The highest BCUT2D eigenvalue weighted by Crippen LogP contribution is 2.50. The topological polar surface area (TPSA) is 93.8 Å². The van der Waals surface area contributed by atoms with E-state index in [9.17, 15) is 10.1 Å². The van der Waals surface area contributed by atoms with Gasteiger partial charge in [0.05, 0.1) is 16.6 Å². The van der Waals surface area contributed by atoms with Crippen LogP contribution in [0.2, 0.25) is 0 Å². The van der Waals surface area contributed by atoms with Crippen LogP contribution in [0.3, 0.4) is 0 Å². The van der Waals surface area contributed by atoms with Crippen LogP contribution in [0.4, 0.5) is 0 Å². The second-order valence-electron chi connectivity index (χ2n) is 7.03. The highest BCUT2D eigenvalue weighted by molar-refractivity contribution is 5.85. The summed E-state index contributed by atoms with van der Waals surface area (Å²) in [7, 11) is 1.72. The van der Waals surface area contributed by atoms with Crippen molar-refractivity contribution in [1.29, 1.82) is 5.26 Å². The first kappa shape index (κ1) is 14.8. The Labute approximate surface area is 147 Å². The summed E-state index contributed by atoms with van der Waals surface area (Å²) in [5.74, 6) is 0. The van der Waals surface area contributed by atoms with Crippen LogP contribution >= 0.6 is 0 Å². The molecule has 0 amide bonds. The van der Waals surface area contributed by atoms with Crippen LogP contribution in [-0.2, 0) is 12.5 Å². The molecule has 1 fully saturated rings. The molecule has 1 aliphatic carbocycles. The number of aryl methyl sites for hydroxylation is 1. The van der Waals surface area contributed by atoms with Gasteiger partial charge in [0, 0.05) is 12.5 Å². The van der Waals surface area contributed by atoms with Gasteiger partial charge < -0.3 is 0 Å². The van der Waals surface area contributed by atoms with Gasteiger partial charge in [-0.15, -0.1) is 9.78 Å². The van der Waals surface area contributed by atoms with Gasteiger partial charge in [-0.05, 0) is 25.0 Å². The molecule has 8 nitrogen and oxygen atoms in total. The van der Waals surface area contributed by atoms with E-state index in [4.69, 9.17) is 0 Å². The summed E-state index contributed by atoms with van der Waals surface area (Å²) in [5, 5.41) is 18.3. The molecule has 0 radical (unpaired) electrons. The summed E-state index contributed by atoms with van der Waals surface area (Å²) < 4.78 is 4.73. The Bertz CT molecular complexity index is 1300. The zero-order chi connectivity index (χ0) is 18.1. The number of imidazole rings is 1. The molecule has 0 N–H and O–H groups in total. The van der Waals surface area contributed by atoms with E-state index in [1.165, 1.54) is 4.68 Å². The van der Waals surface area contributed by atoms with Crippen molar-refractivity contribution < 1.29 is 0 Å². The average Bonchev–Trinajstić information content (AvgIpc) is 3.10. The molecule has 8 heteroatoms. The fourth-order valence-electron chi connectivity index (χ4n) is 3.62. The van der Waals surface area contributed by atoms with Gasteiger partial charge >= 0.3 is 0 Å². The Morgan fingerprint density at radius 1 is 1.23 bits per heavy atom. The number of nitriles is 1. The highest BCUT2D eigenvalue weighted by Gasteiger charge is 2.45. The van der Waals surface area contributed by atoms with Crippen LogP contribution in [-0.4, -0.2) is 28.9 Å². The van der Waals surface area contributed by atoms with E-state index >= 15 is 0 Å². The molecular weight excluding hydrogens is 330 g/mol. The quantitative estimate of drug-likeness (QED) is 0.552. The van der Waals surface area contributed by atoms with Crippen molar-refractivity contribution >= 4 is 16.6 Å². The second kappa shape index (κ2) is 4.79. The maximum atomic E-state index is 12.8. The molecule has 0 atom stereocenters. The number of rotatable bonds is 2. The third-order valence-electron chi connectivity index (χ3n) is 5.32. The molecule has 3 aromatic heterocycles. The van der Waals surface area contributed by atoms with Crippen LogP contribution in [0.15, 0.2) is 35.4 Å². The van der Waals surface area contributed by atoms with Crippen LogP contribution in [0, 0.1) is 11.5 Å². The third kappa shape index (κ3) is 1.77. The molecule has 1 aliphatic rings. The van der Waals surface area contributed by atoms with Crippen LogP contribution in [0.1, 0.15) is 25.5 Å². The number of hydrogen-bond donors (Lipinski definition) is 0. The minimum Gasteiger partial charge on any atom is -0.295 e. The lowest BCUT2D eigenvalue weighted by Crippen LogP contribution is -2.20. The molecule has 1 aromatic carbocycles. The molecule has 0 aliphatic heterocycles. The lowest BCUT2D eigenvalue weighted by atomic mass is 10.0. The van der Waals surface area contributed by atoms with E-state index in [2.05, 4.69) is 28.4 Å². The maximum absolute atomic E-state index is 12.8. The number of aromatic nitrogens is 6. The molecule has 5 rings (SSSR count). The number of nitrogens with zero attached hydrogens (tertiary/aromatic N) is 7. The van der Waals surface area contributed by atoms with Gasteiger partial charge in [0.15, 0.2) is 0 Å². The molecule has 3 heterocycles. The molecular formula is C18H15N7O. The normalized spacial score (nSPS) is 15.4. The minimum absolute atomic E-state index is 0.0956. The first-order valence-electron chi connectivity index (χ1n) is 8.36. The van der Waals surface area contributed by atoms with Gasteiger partial charge in [0.2, 0.25) is 6.19 Å². The van der Waals surface area contributed by atoms with Gasteiger partial charge in [-0.1, -0.05) is 24.3 Å². The minimum atomic E-state index is -0.125. The molecule has 0 bridgehead atoms. The van der Waals surface area contributed by atoms with E-state index in [1.807, 2.05) is 22.6 Å². The standard InChI is InChI=1S/C18H15N7O/c1-18(7-8-18)15-13(21-22-25(15)9-19)14-16-23(2)17(26)11-5-3-4-6-12(11)24(16)10-20-14/h3-6,10H,7-8H2,1-2H3. The van der Waals surface area contributed by atoms with Gasteiger partial charge in [0.25, 0.3) is 5.56 Å². The van der Waals surface area contributed by atoms with E-state index in [1.54, 1.807) is 24.0 Å². The number of fused-ring (bicyclic) bond motifs is 3. The summed E-state index contributed by atoms with van der Waals surface area (Å²) in [6.45, 7) is 2.09. The van der Waals surface area contributed by atoms with E-state index < -0.39 is 0 Å². The highest BCUT2D eigenvalue weighted by atomic mass is 16.1. The average molecular weight is 345 g/mol. The molecule has 0 unspecified atom stereocenters. The molecule has 4 aromatic rings. The Morgan fingerprint density at radius 2 is 2.00 bits per heavy atom. The smallest absolute Gasteiger partial charge is 0.261 e. The zero-order valence-corrected chi connectivity index (χ0v) is 14.3. The van der Waals surface area contributed by atoms with Crippen molar-refractivity contribution in [2.75, 3.05) is 0 Å². The van der Waals surface area contributed by atoms with Crippen LogP contribution in [0.25, 0.3) is 27.9 Å². The summed E-state index contributed by atoms with van der Waals surface area (Å²) in [6, 6.07) is 7.44. The van der Waals surface area contributed by atoms with Gasteiger partial charge in [-0.25, -0.2) is 4.98 Å². The van der Waals surface area contributed by atoms with Crippen molar-refractivity contribution in [3.05, 3.63) is 46.6 Å². The van der Waals surface area contributed by atoms with Crippen LogP contribution in [0.5, 0.6) is 0 Å². The first-order chi connectivity index (χ1) is 12.5. The van der Waals surface area contributed by atoms with Gasteiger partial charge in [-0.3, -0.25) is 13.8 Å². The predicted molar refractivity (Wildman–Crippen MR) is 94.6 cm³/mol. The molecule has 1 saturated carbocycles. The van der Waals surface area contributed by atoms with Crippen LogP contribution < -0.4 is 5.56 Å². The number of benzene rings is 1. The molecule has 0 spiro atoms. The van der Waals surface area contributed by atoms with Gasteiger partial charge in [-0.2, -0.15) is 5.26 Å². The predicted octanol–water partition coefficient (Wildman–Crippen LogP) is 1.83. The summed E-state index contributed by atoms with van der Waals surface area (Å²) in [5.41, 5.74) is 3.11. The number of hydrogen-bond acceptors (Lipinski definition) is 5. The second-order valence-corrected chi connectivity index (χ2v) is 7.03. The van der Waals surface area contributed by atoms with E-state index in [-0.39, 0.29) is 11.0 Å². The largest absolute Gasteiger partial charge is 0.295 e. The third-order valence-corrected chi connectivity index (χ3v) is 5.32. The summed E-state index contributed by atoms with van der Waals surface area (Å²) in [6.07, 6.45) is 5.71. The maximum Gasteiger partial charge on any atom is 0.261 e. The summed E-state index contributed by atoms with van der Waals surface area (Å²) >= 11 is 0. The van der Waals surface area contributed by atoms with E-state index in [0.29, 0.717) is 22.4 Å². The van der Waals surface area contributed by atoms with Crippen molar-refractivity contribution in [2.45, 2.75) is 25.2 Å². The number of para-hydroxylation sites is 1. The van der Waals surface area contributed by atoms with Crippen molar-refractivity contribution in [3.63, 3.8) is 0 Å². The SMILES string of the molecule is Cn1c(=O)c2ccccc2n2cnc(-c3nnn(C#N)c3C3(C)CC3)c12. The monoisotopic (exact) mass is 345 g/mol. The molecule has 26 heavy (non-hydrogen) atoms. The van der Waals surface area contributed by atoms with Crippen molar-refractivity contribution in [3.8, 4) is 17.6 Å². The fourth-order valence-corrected chi connectivity index (χ4v) is 3.62. The Kier molecular flexibility index (Phi) is 2.73. The van der Waals surface area contributed by atoms with E-state index in [0.717, 1.165) is 24.1 Å². The van der Waals surface area contributed by atoms with Crippen molar-refractivity contribution in [1.82, 2.24) is 28.9 Å². The van der Waals surface area contributed by atoms with Gasteiger partial charge in [0.1, 0.15) is 23.4 Å². The lowest BCUT2D eigenvalue weighted by Gasteiger charge is -2.10. The first-order valence-corrected chi connectivity index (χ1v) is 8.36. The molecule has 128 valence electrons. The zero-order valence-electron chi connectivity index (χ0n) is 14.3.